The molecule has 0 aliphatic carbocycles. The van der Waals surface area contributed by atoms with Crippen LogP contribution in [0.15, 0.2) is 71.9 Å². The van der Waals surface area contributed by atoms with Crippen molar-refractivity contribution in [2.24, 2.45) is 0 Å². The van der Waals surface area contributed by atoms with Gasteiger partial charge in [-0.25, -0.2) is 17.8 Å². The predicted molar refractivity (Wildman–Crippen MR) is 117 cm³/mol. The van der Waals surface area contributed by atoms with Crippen LogP contribution in [0, 0.1) is 5.82 Å². The molecule has 0 unspecified atom stereocenters. The maximum atomic E-state index is 13.8. The summed E-state index contributed by atoms with van der Waals surface area (Å²) in [6.07, 6.45) is -2.98. The Morgan fingerprint density at radius 2 is 1.71 bits per heavy atom. The predicted octanol–water partition coefficient (Wildman–Crippen LogP) is 5.02. The number of pyridine rings is 1. The Morgan fingerprint density at radius 1 is 0.971 bits per heavy atom. The number of hydrogen-bond acceptors (Lipinski definition) is 4. The van der Waals surface area contributed by atoms with Gasteiger partial charge in [-0.15, -0.1) is 0 Å². The van der Waals surface area contributed by atoms with E-state index in [2.05, 4.69) is 15.2 Å². The number of aromatic amines is 1. The van der Waals surface area contributed by atoms with Gasteiger partial charge < -0.3 is 0 Å². The lowest BCUT2D eigenvalue weighted by atomic mass is 9.91. The number of nitrogens with zero attached hydrogens (tertiary/aromatic N) is 3. The van der Waals surface area contributed by atoms with Crippen molar-refractivity contribution < 1.29 is 26.0 Å². The number of sulfonamides is 1. The maximum absolute atomic E-state index is 13.8. The Labute approximate surface area is 197 Å². The molecule has 4 heterocycles. The van der Waals surface area contributed by atoms with Crippen LogP contribution in [0.5, 0.6) is 0 Å². The normalized spacial score (nSPS) is 19.4. The van der Waals surface area contributed by atoms with Crippen LogP contribution in [0.4, 0.5) is 17.6 Å². The molecular weight excluding hydrogens is 484 g/mol. The molecule has 2 aromatic carbocycles. The summed E-state index contributed by atoms with van der Waals surface area (Å²) in [7, 11) is -4.45. The van der Waals surface area contributed by atoms with Gasteiger partial charge >= 0.3 is 6.18 Å². The molecule has 35 heavy (non-hydrogen) atoms. The van der Waals surface area contributed by atoms with Crippen molar-refractivity contribution >= 4 is 10.0 Å². The quantitative estimate of drug-likeness (QED) is 0.401. The average molecular weight is 500 g/mol. The van der Waals surface area contributed by atoms with E-state index in [0.29, 0.717) is 22.3 Å². The van der Waals surface area contributed by atoms with Gasteiger partial charge in [0.25, 0.3) is 10.0 Å². The van der Waals surface area contributed by atoms with Gasteiger partial charge in [0.05, 0.1) is 18.3 Å². The number of hydrogen-bond donors (Lipinski definition) is 1. The first-order valence-electron chi connectivity index (χ1n) is 10.6. The van der Waals surface area contributed by atoms with Gasteiger partial charge in [0.2, 0.25) is 0 Å². The highest BCUT2D eigenvalue weighted by atomic mass is 32.2. The van der Waals surface area contributed by atoms with Gasteiger partial charge in [0, 0.05) is 17.7 Å². The number of alkyl halides is 3. The Kier molecular flexibility index (Phi) is 4.68. The van der Waals surface area contributed by atoms with Crippen molar-refractivity contribution in [3.05, 3.63) is 101 Å². The van der Waals surface area contributed by atoms with Crippen LogP contribution in [-0.4, -0.2) is 27.9 Å². The van der Waals surface area contributed by atoms with Gasteiger partial charge in [0.15, 0.2) is 5.03 Å². The summed E-state index contributed by atoms with van der Waals surface area (Å²) in [5.74, 6) is -0.406. The minimum atomic E-state index is -4.79. The molecule has 0 saturated heterocycles. The molecule has 6 nitrogen and oxygen atoms in total. The van der Waals surface area contributed by atoms with E-state index >= 15 is 0 Å². The monoisotopic (exact) mass is 500 g/mol. The fraction of sp³-hybridized carbons (Fsp3) is 0.167. The zero-order valence-corrected chi connectivity index (χ0v) is 18.6. The molecular formula is C24H16F4N4O2S. The highest BCUT2D eigenvalue weighted by Gasteiger charge is 2.52. The zero-order chi connectivity index (χ0) is 24.5. The minimum absolute atomic E-state index is 0.268. The van der Waals surface area contributed by atoms with E-state index in [1.54, 1.807) is 18.2 Å². The first kappa shape index (κ1) is 21.9. The Morgan fingerprint density at radius 3 is 2.46 bits per heavy atom. The molecule has 2 aromatic heterocycles. The third kappa shape index (κ3) is 3.29. The number of halogens is 4. The molecule has 6 rings (SSSR count). The molecule has 0 saturated carbocycles. The highest BCUT2D eigenvalue weighted by Crippen LogP contribution is 2.56. The van der Waals surface area contributed by atoms with Crippen LogP contribution in [0.1, 0.15) is 40.2 Å². The first-order valence-corrected chi connectivity index (χ1v) is 12.1. The lowest BCUT2D eigenvalue weighted by Gasteiger charge is -2.33. The maximum Gasteiger partial charge on any atom is 0.433 e. The Hall–Kier alpha value is -3.57. The molecule has 0 amide bonds. The summed E-state index contributed by atoms with van der Waals surface area (Å²) in [5.41, 5.74) is 2.92. The summed E-state index contributed by atoms with van der Waals surface area (Å²) in [6, 6.07) is 12.6. The number of rotatable bonds is 3. The van der Waals surface area contributed by atoms with Crippen molar-refractivity contribution in [2.45, 2.75) is 29.7 Å². The van der Waals surface area contributed by atoms with E-state index in [1.807, 2.05) is 12.1 Å². The van der Waals surface area contributed by atoms with E-state index in [9.17, 15) is 26.0 Å². The van der Waals surface area contributed by atoms with Crippen molar-refractivity contribution in [1.29, 1.82) is 0 Å². The van der Waals surface area contributed by atoms with E-state index in [4.69, 9.17) is 0 Å². The summed E-state index contributed by atoms with van der Waals surface area (Å²) >= 11 is 0. The minimum Gasteiger partial charge on any atom is -0.282 e. The van der Waals surface area contributed by atoms with Crippen LogP contribution < -0.4 is 0 Å². The third-order valence-corrected chi connectivity index (χ3v) is 8.26. The topological polar surface area (TPSA) is 79.0 Å². The van der Waals surface area contributed by atoms with Crippen molar-refractivity contribution in [2.75, 3.05) is 0 Å². The molecule has 0 spiro atoms. The van der Waals surface area contributed by atoms with E-state index in [1.165, 1.54) is 22.6 Å². The fourth-order valence-corrected chi connectivity index (χ4v) is 6.74. The lowest BCUT2D eigenvalue weighted by molar-refractivity contribution is -0.141. The summed E-state index contributed by atoms with van der Waals surface area (Å²) in [6.45, 7) is 0. The number of nitrogens with one attached hydrogen (secondary N) is 1. The highest BCUT2D eigenvalue weighted by molar-refractivity contribution is 7.89. The first-order chi connectivity index (χ1) is 16.7. The summed E-state index contributed by atoms with van der Waals surface area (Å²) in [5, 5.41) is 6.32. The van der Waals surface area contributed by atoms with Gasteiger partial charge in [-0.05, 0) is 46.5 Å². The molecule has 0 fully saturated rings. The van der Waals surface area contributed by atoms with Crippen LogP contribution in [0.25, 0.3) is 11.1 Å². The van der Waals surface area contributed by atoms with Crippen molar-refractivity contribution in [1.82, 2.24) is 19.5 Å². The molecule has 2 atom stereocenters. The van der Waals surface area contributed by atoms with Gasteiger partial charge in [-0.2, -0.15) is 22.6 Å². The largest absolute Gasteiger partial charge is 0.433 e. The standard InChI is InChI=1S/C24H16F4N4O2S/c25-14-9-7-13(8-10-14)15-3-1-4-16-19-11-18-17(12-29-31-18)23(22(15)16)32(19)35(33,34)21-6-2-5-20(30-21)24(26,27)28/h1-10,12,19,23H,11H2,(H,29,31)/t19-,23+/m1/s1. The fourth-order valence-electron chi connectivity index (χ4n) is 5.04. The number of benzene rings is 2. The van der Waals surface area contributed by atoms with Gasteiger partial charge in [-0.3, -0.25) is 5.10 Å². The van der Waals surface area contributed by atoms with Crippen LogP contribution >= 0.6 is 0 Å². The molecule has 0 radical (unpaired) electrons. The second kappa shape index (κ2) is 7.46. The SMILES string of the molecule is O=S(=O)(c1cccc(C(F)(F)F)n1)N1[C@H]2c3cn[nH]c3C[C@@H]1c1cccc(-c3ccc(F)cc3)c12. The molecule has 4 aromatic rings. The van der Waals surface area contributed by atoms with Gasteiger partial charge in [-0.1, -0.05) is 36.4 Å². The van der Waals surface area contributed by atoms with Crippen LogP contribution in [0.2, 0.25) is 0 Å². The molecule has 2 bridgehead atoms. The molecule has 1 N–H and O–H groups in total. The van der Waals surface area contributed by atoms with Crippen LogP contribution in [-0.2, 0) is 22.6 Å². The number of fused-ring (bicyclic) bond motifs is 7. The molecule has 2 aliphatic heterocycles. The Bertz CT molecular complexity index is 1570. The zero-order valence-electron chi connectivity index (χ0n) is 17.8. The Balaban J connectivity index is 1.56. The van der Waals surface area contributed by atoms with Gasteiger partial charge in [0.1, 0.15) is 11.5 Å². The summed E-state index contributed by atoms with van der Waals surface area (Å²) < 4.78 is 82.4. The number of H-pyrrole nitrogens is 1. The smallest absolute Gasteiger partial charge is 0.282 e. The van der Waals surface area contributed by atoms with E-state index < -0.39 is 44.8 Å². The third-order valence-electron chi connectivity index (χ3n) is 6.49. The average Bonchev–Trinajstić information content (AvgIpc) is 3.41. The lowest BCUT2D eigenvalue weighted by Crippen LogP contribution is -2.38. The van der Waals surface area contributed by atoms with Crippen molar-refractivity contribution in [3.8, 4) is 11.1 Å². The van der Waals surface area contributed by atoms with Crippen LogP contribution in [0.3, 0.4) is 0 Å². The molecule has 178 valence electrons. The molecule has 2 aliphatic rings. The summed E-state index contributed by atoms with van der Waals surface area (Å²) in [4.78, 5) is 3.46. The second-order valence-corrected chi connectivity index (χ2v) is 10.2. The van der Waals surface area contributed by atoms with E-state index in [-0.39, 0.29) is 6.42 Å². The van der Waals surface area contributed by atoms with E-state index in [0.717, 1.165) is 29.5 Å². The number of aromatic nitrogens is 3. The molecule has 11 heteroatoms. The van der Waals surface area contributed by atoms with Crippen molar-refractivity contribution in [3.63, 3.8) is 0 Å². The second-order valence-electron chi connectivity index (χ2n) is 8.44.